The molecule has 0 fully saturated rings. The smallest absolute Gasteiger partial charge is 0.263 e. The van der Waals surface area contributed by atoms with Gasteiger partial charge in [0.05, 0.1) is 0 Å². The lowest BCUT2D eigenvalue weighted by molar-refractivity contribution is 0.608. The van der Waals surface area contributed by atoms with Crippen LogP contribution in [0.5, 0.6) is 0 Å². The zero-order valence-corrected chi connectivity index (χ0v) is 12.4. The summed E-state index contributed by atoms with van der Waals surface area (Å²) in [6.45, 7) is 0.262. The van der Waals surface area contributed by atoms with E-state index in [-0.39, 0.29) is 22.1 Å². The standard InChI is InChI=1S/C11H8Cl2FNOS2/c1-15(10-9(13)11(16)18-17-10)5-6-7(12)3-2-4-8(6)14/h2-4H,5H2,1H3. The van der Waals surface area contributed by atoms with Crippen LogP contribution in [0.4, 0.5) is 9.39 Å². The molecular formula is C11H8Cl2FNOS2. The SMILES string of the molecule is CN(Cc1c(F)cccc1Cl)c1ssc(=O)c1Cl. The first-order chi connectivity index (χ1) is 8.50. The Morgan fingerprint density at radius 1 is 1.33 bits per heavy atom. The molecule has 0 N–H and O–H groups in total. The van der Waals surface area contributed by atoms with Gasteiger partial charge in [0.2, 0.25) is 0 Å². The molecule has 96 valence electrons. The molecule has 1 heterocycles. The molecule has 1 aromatic carbocycles. The van der Waals surface area contributed by atoms with E-state index in [0.717, 1.165) is 10.3 Å². The molecule has 0 radical (unpaired) electrons. The average Bonchev–Trinajstić information content (AvgIpc) is 2.65. The van der Waals surface area contributed by atoms with Crippen molar-refractivity contribution in [3.63, 3.8) is 0 Å². The van der Waals surface area contributed by atoms with Gasteiger partial charge < -0.3 is 4.90 Å². The van der Waals surface area contributed by atoms with Crippen molar-refractivity contribution in [2.45, 2.75) is 6.54 Å². The van der Waals surface area contributed by atoms with Crippen LogP contribution in [0.2, 0.25) is 10.0 Å². The zero-order chi connectivity index (χ0) is 13.3. The number of anilines is 1. The van der Waals surface area contributed by atoms with Gasteiger partial charge in [0.1, 0.15) is 15.8 Å². The highest BCUT2D eigenvalue weighted by Gasteiger charge is 2.16. The highest BCUT2D eigenvalue weighted by atomic mass is 35.5. The Labute approximate surface area is 121 Å². The van der Waals surface area contributed by atoms with Crippen LogP contribution in [0.15, 0.2) is 23.0 Å². The third-order valence-corrected chi connectivity index (χ3v) is 5.59. The van der Waals surface area contributed by atoms with E-state index in [9.17, 15) is 9.18 Å². The summed E-state index contributed by atoms with van der Waals surface area (Å²) in [5, 5.41) is 1.17. The second kappa shape index (κ2) is 5.57. The lowest BCUT2D eigenvalue weighted by Gasteiger charge is -2.18. The summed E-state index contributed by atoms with van der Waals surface area (Å²) < 4.78 is 13.5. The predicted octanol–water partition coefficient (Wildman–Crippen LogP) is 4.25. The summed E-state index contributed by atoms with van der Waals surface area (Å²) in [7, 11) is 4.08. The van der Waals surface area contributed by atoms with Crippen molar-refractivity contribution in [3.8, 4) is 0 Å². The summed E-state index contributed by atoms with van der Waals surface area (Å²) in [6, 6.07) is 4.54. The summed E-state index contributed by atoms with van der Waals surface area (Å²) in [4.78, 5) is 13.0. The molecule has 0 atom stereocenters. The molecule has 7 heteroatoms. The predicted molar refractivity (Wildman–Crippen MR) is 77.0 cm³/mol. The van der Waals surface area contributed by atoms with Crippen LogP contribution in [0.25, 0.3) is 0 Å². The van der Waals surface area contributed by atoms with E-state index in [0.29, 0.717) is 15.6 Å². The van der Waals surface area contributed by atoms with Gasteiger partial charge >= 0.3 is 0 Å². The molecule has 0 unspecified atom stereocenters. The number of halogens is 3. The van der Waals surface area contributed by atoms with Crippen LogP contribution in [0.3, 0.4) is 0 Å². The Bertz CT molecular complexity index is 605. The fourth-order valence-corrected chi connectivity index (χ4v) is 4.43. The minimum atomic E-state index is -0.368. The zero-order valence-electron chi connectivity index (χ0n) is 9.25. The molecule has 18 heavy (non-hydrogen) atoms. The summed E-state index contributed by atoms with van der Waals surface area (Å²) >= 11 is 11.8. The van der Waals surface area contributed by atoms with Gasteiger partial charge in [0.15, 0.2) is 0 Å². The summed E-state index contributed by atoms with van der Waals surface area (Å²) in [5.41, 5.74) is 0.392. The first kappa shape index (κ1) is 13.8. The highest BCUT2D eigenvalue weighted by Crippen LogP contribution is 2.32. The van der Waals surface area contributed by atoms with Crippen LogP contribution in [0, 0.1) is 5.82 Å². The normalized spacial score (nSPS) is 10.7. The molecule has 2 aromatic rings. The van der Waals surface area contributed by atoms with Crippen molar-refractivity contribution in [3.05, 3.63) is 49.2 Å². The van der Waals surface area contributed by atoms with Gasteiger partial charge in [-0.1, -0.05) is 39.6 Å². The fourth-order valence-electron chi connectivity index (χ4n) is 1.46. The van der Waals surface area contributed by atoms with Crippen molar-refractivity contribution in [1.29, 1.82) is 0 Å². The molecule has 0 bridgehead atoms. The minimum absolute atomic E-state index is 0.178. The van der Waals surface area contributed by atoms with Gasteiger partial charge in [-0.2, -0.15) is 0 Å². The summed E-state index contributed by atoms with van der Waals surface area (Å²) in [5.74, 6) is -0.368. The Morgan fingerprint density at radius 3 is 2.61 bits per heavy atom. The molecule has 0 spiro atoms. The Morgan fingerprint density at radius 2 is 2.06 bits per heavy atom. The third-order valence-electron chi connectivity index (χ3n) is 2.37. The molecule has 0 aliphatic rings. The Hall–Kier alpha value is -0.620. The van der Waals surface area contributed by atoms with Gasteiger partial charge in [0.25, 0.3) is 4.74 Å². The van der Waals surface area contributed by atoms with E-state index in [4.69, 9.17) is 23.2 Å². The van der Waals surface area contributed by atoms with E-state index in [2.05, 4.69) is 0 Å². The number of benzene rings is 1. The maximum atomic E-state index is 13.6. The van der Waals surface area contributed by atoms with E-state index >= 15 is 0 Å². The van der Waals surface area contributed by atoms with Crippen LogP contribution < -0.4 is 9.64 Å². The minimum Gasteiger partial charge on any atom is -0.360 e. The van der Waals surface area contributed by atoms with Crippen LogP contribution in [0.1, 0.15) is 5.56 Å². The Balaban J connectivity index is 2.29. The molecule has 2 nitrogen and oxygen atoms in total. The monoisotopic (exact) mass is 323 g/mol. The lowest BCUT2D eigenvalue weighted by Crippen LogP contribution is -2.17. The fraction of sp³-hybridized carbons (Fsp3) is 0.182. The molecule has 0 aliphatic carbocycles. The van der Waals surface area contributed by atoms with Gasteiger partial charge in [0, 0.05) is 24.2 Å². The lowest BCUT2D eigenvalue weighted by atomic mass is 10.2. The number of hydrogen-bond acceptors (Lipinski definition) is 4. The quantitative estimate of drug-likeness (QED) is 0.787. The largest absolute Gasteiger partial charge is 0.360 e. The molecule has 0 amide bonds. The number of nitrogens with zero attached hydrogens (tertiary/aromatic N) is 1. The van der Waals surface area contributed by atoms with Crippen LogP contribution in [-0.2, 0) is 6.54 Å². The van der Waals surface area contributed by atoms with Gasteiger partial charge in [-0.25, -0.2) is 4.39 Å². The molecule has 2 rings (SSSR count). The molecule has 1 aromatic heterocycles. The topological polar surface area (TPSA) is 20.3 Å². The maximum Gasteiger partial charge on any atom is 0.263 e. The van der Waals surface area contributed by atoms with Crippen molar-refractivity contribution < 1.29 is 4.39 Å². The Kier molecular flexibility index (Phi) is 4.27. The first-order valence-electron chi connectivity index (χ1n) is 4.93. The second-order valence-corrected chi connectivity index (χ2v) is 6.51. The van der Waals surface area contributed by atoms with Gasteiger partial charge in [-0.15, -0.1) is 0 Å². The van der Waals surface area contributed by atoms with Crippen LogP contribution >= 0.6 is 43.9 Å². The van der Waals surface area contributed by atoms with Crippen molar-refractivity contribution >= 4 is 48.9 Å². The maximum absolute atomic E-state index is 13.6. The molecule has 0 aliphatic heterocycles. The highest BCUT2D eigenvalue weighted by molar-refractivity contribution is 7.70. The van der Waals surface area contributed by atoms with E-state index < -0.39 is 0 Å². The van der Waals surface area contributed by atoms with Crippen molar-refractivity contribution in [2.75, 3.05) is 11.9 Å². The number of rotatable bonds is 3. The van der Waals surface area contributed by atoms with Crippen molar-refractivity contribution in [1.82, 2.24) is 0 Å². The van der Waals surface area contributed by atoms with E-state index in [1.807, 2.05) is 0 Å². The molecule has 0 saturated heterocycles. The van der Waals surface area contributed by atoms with Gasteiger partial charge in [-0.3, -0.25) is 4.79 Å². The third kappa shape index (κ3) is 2.69. The van der Waals surface area contributed by atoms with Gasteiger partial charge in [-0.05, 0) is 22.5 Å². The molecular weight excluding hydrogens is 316 g/mol. The second-order valence-electron chi connectivity index (χ2n) is 3.63. The van der Waals surface area contributed by atoms with E-state index in [1.165, 1.54) is 16.4 Å². The summed E-state index contributed by atoms with van der Waals surface area (Å²) in [6.07, 6.45) is 0. The molecule has 0 saturated carbocycles. The number of hydrogen-bond donors (Lipinski definition) is 0. The van der Waals surface area contributed by atoms with E-state index in [1.54, 1.807) is 24.1 Å². The average molecular weight is 324 g/mol. The van der Waals surface area contributed by atoms with Crippen molar-refractivity contribution in [2.24, 2.45) is 0 Å². The van der Waals surface area contributed by atoms with Crippen LogP contribution in [-0.4, -0.2) is 7.05 Å². The first-order valence-corrected chi connectivity index (χ1v) is 7.84.